The van der Waals surface area contributed by atoms with E-state index >= 15 is 13.2 Å². The number of carbonyl (C=O) groups excluding carboxylic acids is 1. The van der Waals surface area contributed by atoms with E-state index in [4.69, 9.17) is 4.74 Å². The molecule has 0 saturated carbocycles. The number of methoxy groups -OCH3 is 1. The molecule has 3 aromatic rings. The van der Waals surface area contributed by atoms with Gasteiger partial charge in [-0.1, -0.05) is 12.6 Å². The topological polar surface area (TPSA) is 92.4 Å². The lowest BCUT2D eigenvalue weighted by Crippen LogP contribution is -2.58. The van der Waals surface area contributed by atoms with Gasteiger partial charge in [0.2, 0.25) is 5.91 Å². The summed E-state index contributed by atoms with van der Waals surface area (Å²) in [7, 11) is 1.53. The predicted octanol–water partition coefficient (Wildman–Crippen LogP) is 5.89. The average molecular weight is 613 g/mol. The zero-order valence-electron chi connectivity index (χ0n) is 24.2. The van der Waals surface area contributed by atoms with Gasteiger partial charge in [-0.3, -0.25) is 9.36 Å². The van der Waals surface area contributed by atoms with Crippen molar-refractivity contribution in [1.82, 2.24) is 14.5 Å². The zero-order chi connectivity index (χ0) is 30.8. The molecule has 1 amide bonds. The summed E-state index contributed by atoms with van der Waals surface area (Å²) < 4.78 is 52.2. The molecule has 0 spiro atoms. The van der Waals surface area contributed by atoms with Crippen LogP contribution in [0.5, 0.6) is 0 Å². The molecule has 1 fully saturated rings. The molecule has 3 aliphatic rings. The summed E-state index contributed by atoms with van der Waals surface area (Å²) in [5.41, 5.74) is 1.38. The fraction of sp³-hybridized carbons (Fsp3) is 0.433. The maximum Gasteiger partial charge on any atom is 0.417 e. The van der Waals surface area contributed by atoms with Gasteiger partial charge in [0.15, 0.2) is 0 Å². The quantitative estimate of drug-likeness (QED) is 0.334. The van der Waals surface area contributed by atoms with E-state index in [1.807, 2.05) is 18.7 Å². The van der Waals surface area contributed by atoms with Crippen LogP contribution in [0.2, 0.25) is 0 Å². The van der Waals surface area contributed by atoms with Gasteiger partial charge in [-0.15, -0.1) is 11.8 Å². The van der Waals surface area contributed by atoms with Crippen molar-refractivity contribution in [1.29, 1.82) is 0 Å². The zero-order valence-corrected chi connectivity index (χ0v) is 25.1. The molecular formula is C30H31F3N6O3S. The number of piperazine rings is 1. The van der Waals surface area contributed by atoms with Crippen LogP contribution in [-0.2, 0) is 22.3 Å². The number of alkyl halides is 3. The predicted molar refractivity (Wildman–Crippen MR) is 159 cm³/mol. The highest BCUT2D eigenvalue weighted by Crippen LogP contribution is 2.52. The van der Waals surface area contributed by atoms with Crippen LogP contribution in [-0.4, -0.2) is 65.0 Å². The smallest absolute Gasteiger partial charge is 0.383 e. The standard InChI is InChI=1S/C30H31F3N6O3S/c1-6-23(40)38-16(3)11-37(12-17(38)4)28-19-9-21(30(31,32)33)25(24-15(2)7-8-22-20(24)10-34-36-22)27-26(19)39(29(41)35-28)18(13-42-5)14-43-27/h6-9,16-18H,1,10-14H2,2-5H3/t16-,17+,18?. The van der Waals surface area contributed by atoms with Crippen molar-refractivity contribution in [3.05, 3.63) is 58.0 Å². The SMILES string of the molecule is C=CC(=O)N1[C@H](C)CN(c2nc(=O)n3c4c(c(-c5c(C)ccc6c5CN=N6)c(C(F)(F)F)cc24)SCC3COC)C[C@@H]1C. The number of nitrogens with zero attached hydrogens (tertiary/aromatic N) is 6. The number of fused-ring (bicyclic) bond motifs is 1. The fourth-order valence-corrected chi connectivity index (χ4v) is 8.00. The van der Waals surface area contributed by atoms with Crippen molar-refractivity contribution in [3.63, 3.8) is 0 Å². The van der Waals surface area contributed by atoms with Crippen LogP contribution in [0, 0.1) is 6.92 Å². The fourth-order valence-electron chi connectivity index (χ4n) is 6.69. The largest absolute Gasteiger partial charge is 0.417 e. The van der Waals surface area contributed by atoms with Gasteiger partial charge in [-0.2, -0.15) is 28.4 Å². The highest BCUT2D eigenvalue weighted by Gasteiger charge is 2.41. The minimum absolute atomic E-state index is 0.0379. The Balaban J connectivity index is 1.67. The molecule has 43 heavy (non-hydrogen) atoms. The van der Waals surface area contributed by atoms with Crippen molar-refractivity contribution < 1.29 is 22.7 Å². The number of anilines is 1. The number of aryl methyl sites for hydroxylation is 1. The van der Waals surface area contributed by atoms with Crippen LogP contribution in [0.3, 0.4) is 0 Å². The minimum Gasteiger partial charge on any atom is -0.383 e. The third kappa shape index (κ3) is 4.73. The third-order valence-electron chi connectivity index (χ3n) is 8.40. The van der Waals surface area contributed by atoms with E-state index in [1.165, 1.54) is 29.5 Å². The molecule has 13 heteroatoms. The summed E-state index contributed by atoms with van der Waals surface area (Å²) in [6, 6.07) is 3.66. The minimum atomic E-state index is -4.71. The second-order valence-electron chi connectivity index (χ2n) is 11.2. The van der Waals surface area contributed by atoms with Crippen LogP contribution in [0.4, 0.5) is 24.7 Å². The second-order valence-corrected chi connectivity index (χ2v) is 12.3. The summed E-state index contributed by atoms with van der Waals surface area (Å²) in [5.74, 6) is 0.291. The van der Waals surface area contributed by atoms with Crippen LogP contribution in [0.15, 0.2) is 50.8 Å². The molecule has 1 unspecified atom stereocenters. The van der Waals surface area contributed by atoms with Gasteiger partial charge in [-0.25, -0.2) is 4.79 Å². The van der Waals surface area contributed by atoms with Gasteiger partial charge in [-0.05, 0) is 50.1 Å². The summed E-state index contributed by atoms with van der Waals surface area (Å²) in [5, 5.41) is 8.48. The van der Waals surface area contributed by atoms with E-state index < -0.39 is 23.5 Å². The van der Waals surface area contributed by atoms with Gasteiger partial charge >= 0.3 is 11.9 Å². The first-order valence-corrected chi connectivity index (χ1v) is 15.0. The number of aromatic nitrogens is 2. The molecule has 9 nitrogen and oxygen atoms in total. The van der Waals surface area contributed by atoms with Crippen molar-refractivity contribution in [2.45, 2.75) is 56.5 Å². The maximum absolute atomic E-state index is 15.1. The van der Waals surface area contributed by atoms with Crippen LogP contribution < -0.4 is 10.6 Å². The molecule has 1 saturated heterocycles. The summed E-state index contributed by atoms with van der Waals surface area (Å²) in [6.45, 7) is 10.1. The number of hydrogen-bond acceptors (Lipinski definition) is 8. The average Bonchev–Trinajstić information content (AvgIpc) is 3.43. The van der Waals surface area contributed by atoms with E-state index in [9.17, 15) is 9.59 Å². The Morgan fingerprint density at radius 3 is 2.58 bits per heavy atom. The number of benzene rings is 2. The highest BCUT2D eigenvalue weighted by atomic mass is 32.2. The van der Waals surface area contributed by atoms with E-state index in [1.54, 1.807) is 24.0 Å². The van der Waals surface area contributed by atoms with Gasteiger partial charge in [0.05, 0.1) is 36.0 Å². The number of amides is 1. The van der Waals surface area contributed by atoms with Crippen molar-refractivity contribution in [2.75, 3.05) is 37.5 Å². The molecule has 0 N–H and O–H groups in total. The first-order chi connectivity index (χ1) is 20.5. The van der Waals surface area contributed by atoms with Gasteiger partial charge < -0.3 is 14.5 Å². The molecule has 6 rings (SSSR count). The molecule has 0 bridgehead atoms. The number of hydrogen-bond donors (Lipinski definition) is 0. The Labute approximate surface area is 250 Å². The van der Waals surface area contributed by atoms with Crippen LogP contribution in [0.25, 0.3) is 22.0 Å². The maximum atomic E-state index is 15.1. The molecule has 0 aliphatic carbocycles. The first-order valence-electron chi connectivity index (χ1n) is 14.0. The molecule has 2 aromatic carbocycles. The summed E-state index contributed by atoms with van der Waals surface area (Å²) in [6.07, 6.45) is -3.46. The monoisotopic (exact) mass is 612 g/mol. The number of carbonyl (C=O) groups is 1. The number of halogens is 3. The first kappa shape index (κ1) is 29.4. The Kier molecular flexibility index (Phi) is 7.36. The van der Waals surface area contributed by atoms with E-state index in [2.05, 4.69) is 21.8 Å². The molecule has 3 atom stereocenters. The lowest BCUT2D eigenvalue weighted by atomic mass is 9.89. The van der Waals surface area contributed by atoms with Gasteiger partial charge in [0.1, 0.15) is 5.82 Å². The summed E-state index contributed by atoms with van der Waals surface area (Å²) in [4.78, 5) is 34.6. The van der Waals surface area contributed by atoms with Gasteiger partial charge in [0.25, 0.3) is 0 Å². The lowest BCUT2D eigenvalue weighted by Gasteiger charge is -2.45. The molecular weight excluding hydrogens is 581 g/mol. The Hall–Kier alpha value is -3.71. The number of azo groups is 1. The van der Waals surface area contributed by atoms with E-state index in [0.717, 1.165) is 6.07 Å². The molecule has 4 heterocycles. The third-order valence-corrected chi connectivity index (χ3v) is 9.63. The van der Waals surface area contributed by atoms with E-state index in [0.29, 0.717) is 38.5 Å². The molecule has 226 valence electrons. The number of rotatable bonds is 5. The molecule has 0 radical (unpaired) electrons. The molecule has 3 aliphatic heterocycles. The van der Waals surface area contributed by atoms with Crippen LogP contribution >= 0.6 is 11.8 Å². The Morgan fingerprint density at radius 1 is 1.21 bits per heavy atom. The van der Waals surface area contributed by atoms with Gasteiger partial charge in [0, 0.05) is 59.4 Å². The lowest BCUT2D eigenvalue weighted by molar-refractivity contribution is -0.137. The second kappa shape index (κ2) is 10.8. The van der Waals surface area contributed by atoms with E-state index in [-0.39, 0.29) is 61.0 Å². The van der Waals surface area contributed by atoms with Crippen LogP contribution in [0.1, 0.15) is 36.6 Å². The molecule has 1 aromatic heterocycles. The normalized spacial score (nSPS) is 21.4. The number of thioether (sulfide) groups is 1. The van der Waals surface area contributed by atoms with Crippen molar-refractivity contribution in [2.24, 2.45) is 10.2 Å². The highest BCUT2D eigenvalue weighted by molar-refractivity contribution is 7.99. The Morgan fingerprint density at radius 2 is 1.93 bits per heavy atom. The number of ether oxygens (including phenoxy) is 1. The Bertz CT molecular complexity index is 1740. The van der Waals surface area contributed by atoms with Crippen molar-refractivity contribution >= 4 is 40.1 Å². The summed E-state index contributed by atoms with van der Waals surface area (Å²) >= 11 is 1.30. The van der Waals surface area contributed by atoms with Crippen molar-refractivity contribution in [3.8, 4) is 11.1 Å².